The Hall–Kier alpha value is -0.600. The van der Waals surface area contributed by atoms with Gasteiger partial charge in [0.2, 0.25) is 0 Å². The van der Waals surface area contributed by atoms with Gasteiger partial charge in [0, 0.05) is 10.7 Å². The van der Waals surface area contributed by atoms with Crippen molar-refractivity contribution in [3.05, 3.63) is 28.8 Å². The molecular weight excluding hydrogens is 202 g/mol. The molecule has 0 fully saturated rings. The van der Waals surface area contributed by atoms with E-state index in [0.29, 0.717) is 10.9 Å². The molecule has 0 heterocycles. The minimum Gasteiger partial charge on any atom is -0.344 e. The molecular formula is C10H11ClNS. The highest BCUT2D eigenvalue weighted by molar-refractivity contribution is 7.79. The molecule has 13 heavy (non-hydrogen) atoms. The van der Waals surface area contributed by atoms with Crippen LogP contribution in [0.15, 0.2) is 18.2 Å². The van der Waals surface area contributed by atoms with Gasteiger partial charge >= 0.3 is 0 Å². The molecule has 0 spiro atoms. The lowest BCUT2D eigenvalue weighted by atomic mass is 10.0. The molecule has 1 rings (SSSR count). The summed E-state index contributed by atoms with van der Waals surface area (Å²) >= 11 is 10.5. The Kier molecular flexibility index (Phi) is 3.70. The standard InChI is InChI=1S/C10H11ClNS/c1-7(2)9-4-3-8(11)5-10(9)12-6-13/h3-5,7H,1-2H3,(H,12,13). The maximum atomic E-state index is 5.86. The lowest BCUT2D eigenvalue weighted by molar-refractivity contribution is 0.870. The number of benzene rings is 1. The first kappa shape index (κ1) is 10.5. The van der Waals surface area contributed by atoms with Gasteiger partial charge in [0.15, 0.2) is 0 Å². The summed E-state index contributed by atoms with van der Waals surface area (Å²) < 4.78 is 0. The Morgan fingerprint density at radius 2 is 2.15 bits per heavy atom. The van der Waals surface area contributed by atoms with Crippen molar-refractivity contribution in [1.82, 2.24) is 0 Å². The molecule has 0 saturated carbocycles. The molecule has 0 saturated heterocycles. The molecule has 0 aliphatic carbocycles. The van der Waals surface area contributed by atoms with Crippen molar-refractivity contribution in [2.75, 3.05) is 5.32 Å². The molecule has 69 valence electrons. The second-order valence-electron chi connectivity index (χ2n) is 3.11. The van der Waals surface area contributed by atoms with E-state index in [1.165, 1.54) is 5.56 Å². The van der Waals surface area contributed by atoms with Gasteiger partial charge in [0.1, 0.15) is 5.49 Å². The van der Waals surface area contributed by atoms with Crippen LogP contribution in [-0.2, 0) is 0 Å². The van der Waals surface area contributed by atoms with E-state index >= 15 is 0 Å². The van der Waals surface area contributed by atoms with Crippen LogP contribution >= 0.6 is 23.8 Å². The molecule has 0 aliphatic rings. The topological polar surface area (TPSA) is 12.0 Å². The lowest BCUT2D eigenvalue weighted by Crippen LogP contribution is -1.99. The van der Waals surface area contributed by atoms with Gasteiger partial charge in [-0.1, -0.05) is 43.7 Å². The normalized spacial score (nSPS) is 10.2. The number of hydrogen-bond acceptors (Lipinski definition) is 1. The van der Waals surface area contributed by atoms with Gasteiger partial charge in [0.05, 0.1) is 0 Å². The van der Waals surface area contributed by atoms with Crippen LogP contribution in [0.4, 0.5) is 5.69 Å². The number of halogens is 1. The molecule has 1 aromatic carbocycles. The monoisotopic (exact) mass is 212 g/mol. The number of hydrogen-bond donors (Lipinski definition) is 1. The van der Waals surface area contributed by atoms with Crippen LogP contribution in [0, 0.1) is 0 Å². The first-order chi connectivity index (χ1) is 6.15. The SMILES string of the molecule is CC(C)c1ccc(Cl)cc1N[C]=S. The van der Waals surface area contributed by atoms with E-state index in [9.17, 15) is 0 Å². The summed E-state index contributed by atoms with van der Waals surface area (Å²) in [5.41, 5.74) is 4.62. The van der Waals surface area contributed by atoms with Crippen LogP contribution < -0.4 is 5.32 Å². The highest BCUT2D eigenvalue weighted by Crippen LogP contribution is 2.26. The lowest BCUT2D eigenvalue weighted by Gasteiger charge is -2.11. The van der Waals surface area contributed by atoms with Crippen LogP contribution in [0.1, 0.15) is 25.3 Å². The van der Waals surface area contributed by atoms with Gasteiger partial charge in [-0.05, 0) is 23.6 Å². The number of thiocarbonyl (C=S) groups is 1. The van der Waals surface area contributed by atoms with E-state index in [-0.39, 0.29) is 0 Å². The molecule has 1 aromatic rings. The van der Waals surface area contributed by atoms with Gasteiger partial charge < -0.3 is 5.32 Å². The summed E-state index contributed by atoms with van der Waals surface area (Å²) in [6.07, 6.45) is 0. The first-order valence-corrected chi connectivity index (χ1v) is 4.86. The highest BCUT2D eigenvalue weighted by atomic mass is 35.5. The van der Waals surface area contributed by atoms with E-state index in [4.69, 9.17) is 11.6 Å². The quantitative estimate of drug-likeness (QED) is 0.606. The van der Waals surface area contributed by atoms with Crippen LogP contribution in [0.3, 0.4) is 0 Å². The van der Waals surface area contributed by atoms with Crippen molar-refractivity contribution in [2.45, 2.75) is 19.8 Å². The van der Waals surface area contributed by atoms with Gasteiger partial charge in [-0.15, -0.1) is 0 Å². The predicted molar refractivity (Wildman–Crippen MR) is 61.8 cm³/mol. The first-order valence-electron chi connectivity index (χ1n) is 4.07. The predicted octanol–water partition coefficient (Wildman–Crippen LogP) is 3.71. The van der Waals surface area contributed by atoms with Crippen molar-refractivity contribution in [2.24, 2.45) is 0 Å². The van der Waals surface area contributed by atoms with Gasteiger partial charge in [-0.25, -0.2) is 0 Å². The summed E-state index contributed by atoms with van der Waals surface area (Å²) in [7, 11) is 0. The third kappa shape index (κ3) is 2.68. The van der Waals surface area contributed by atoms with Crippen molar-refractivity contribution in [1.29, 1.82) is 0 Å². The molecule has 1 radical (unpaired) electrons. The minimum absolute atomic E-state index is 0.447. The Bertz CT molecular complexity index is 310. The molecule has 1 nitrogen and oxygen atoms in total. The minimum atomic E-state index is 0.447. The summed E-state index contributed by atoms with van der Waals surface area (Å²) in [5.74, 6) is 0.447. The van der Waals surface area contributed by atoms with Gasteiger partial charge in [-0.2, -0.15) is 0 Å². The molecule has 0 bridgehead atoms. The Morgan fingerprint density at radius 1 is 1.46 bits per heavy atom. The maximum absolute atomic E-state index is 5.86. The van der Waals surface area contributed by atoms with Crippen molar-refractivity contribution >= 4 is 35.0 Å². The zero-order valence-corrected chi connectivity index (χ0v) is 9.17. The van der Waals surface area contributed by atoms with Crippen LogP contribution in [-0.4, -0.2) is 5.49 Å². The zero-order valence-electron chi connectivity index (χ0n) is 7.60. The highest BCUT2D eigenvalue weighted by Gasteiger charge is 2.05. The second kappa shape index (κ2) is 4.58. The van der Waals surface area contributed by atoms with Crippen LogP contribution in [0.25, 0.3) is 0 Å². The number of anilines is 1. The Balaban J connectivity index is 3.10. The molecule has 0 atom stereocenters. The summed E-state index contributed by atoms with van der Waals surface area (Å²) in [5, 5.41) is 3.58. The van der Waals surface area contributed by atoms with E-state index < -0.39 is 0 Å². The molecule has 0 aromatic heterocycles. The fraction of sp³-hybridized carbons (Fsp3) is 0.300. The number of nitrogens with one attached hydrogen (secondary N) is 1. The summed E-state index contributed by atoms with van der Waals surface area (Å²) in [6, 6.07) is 5.74. The van der Waals surface area contributed by atoms with E-state index in [1.807, 2.05) is 18.2 Å². The fourth-order valence-corrected chi connectivity index (χ4v) is 1.48. The van der Waals surface area contributed by atoms with Gasteiger partial charge in [0.25, 0.3) is 0 Å². The van der Waals surface area contributed by atoms with Crippen molar-refractivity contribution in [3.8, 4) is 0 Å². The Labute approximate surface area is 89.1 Å². The van der Waals surface area contributed by atoms with E-state index in [0.717, 1.165) is 5.69 Å². The summed E-state index contributed by atoms with van der Waals surface area (Å²) in [4.78, 5) is 0. The second-order valence-corrected chi connectivity index (χ2v) is 3.75. The van der Waals surface area contributed by atoms with E-state index in [1.54, 1.807) is 0 Å². The molecule has 3 heteroatoms. The van der Waals surface area contributed by atoms with Gasteiger partial charge in [-0.3, -0.25) is 0 Å². The third-order valence-electron chi connectivity index (χ3n) is 1.82. The zero-order chi connectivity index (χ0) is 9.84. The largest absolute Gasteiger partial charge is 0.344 e. The van der Waals surface area contributed by atoms with Crippen molar-refractivity contribution < 1.29 is 0 Å². The molecule has 0 amide bonds. The fourth-order valence-electron chi connectivity index (χ4n) is 1.20. The average Bonchev–Trinajstić information content (AvgIpc) is 2.04. The smallest absolute Gasteiger partial charge is 0.138 e. The third-order valence-corrected chi connectivity index (χ3v) is 2.16. The maximum Gasteiger partial charge on any atom is 0.138 e. The molecule has 0 aliphatic heterocycles. The Morgan fingerprint density at radius 3 is 2.69 bits per heavy atom. The van der Waals surface area contributed by atoms with Crippen LogP contribution in [0.2, 0.25) is 5.02 Å². The van der Waals surface area contributed by atoms with Crippen LogP contribution in [0.5, 0.6) is 0 Å². The average molecular weight is 213 g/mol. The molecule has 1 N–H and O–H groups in total. The molecule has 0 unspecified atom stereocenters. The van der Waals surface area contributed by atoms with E-state index in [2.05, 4.69) is 36.9 Å². The summed E-state index contributed by atoms with van der Waals surface area (Å²) in [6.45, 7) is 4.25. The van der Waals surface area contributed by atoms with Crippen molar-refractivity contribution in [3.63, 3.8) is 0 Å². The number of rotatable bonds is 3.